The third-order valence-corrected chi connectivity index (χ3v) is 5.35. The van der Waals surface area contributed by atoms with Gasteiger partial charge >= 0.3 is 0 Å². The van der Waals surface area contributed by atoms with E-state index in [1.54, 1.807) is 11.3 Å². The minimum atomic E-state index is -0.217. The monoisotopic (exact) mass is 325 g/mol. The van der Waals surface area contributed by atoms with Crippen LogP contribution in [0.3, 0.4) is 0 Å². The Morgan fingerprint density at radius 2 is 2.24 bits per heavy atom. The molecule has 0 spiro atoms. The molecule has 0 saturated heterocycles. The highest BCUT2D eigenvalue weighted by Gasteiger charge is 2.19. The molecule has 2 aromatic rings. The van der Waals surface area contributed by atoms with Gasteiger partial charge in [0.25, 0.3) is 0 Å². The number of rotatable bonds is 7. The number of hydrogen-bond acceptors (Lipinski definition) is 6. The highest BCUT2D eigenvalue weighted by atomic mass is 32.2. The molecule has 0 bridgehead atoms. The van der Waals surface area contributed by atoms with Crippen molar-refractivity contribution in [2.45, 2.75) is 43.6 Å². The van der Waals surface area contributed by atoms with E-state index in [9.17, 15) is 4.79 Å². The molecular formula is C13H19N5OS2. The number of hydrogen-bond donors (Lipinski definition) is 3. The molecule has 2 heterocycles. The van der Waals surface area contributed by atoms with E-state index >= 15 is 0 Å². The first-order valence-corrected chi connectivity index (χ1v) is 8.51. The molecule has 2 rings (SSSR count). The summed E-state index contributed by atoms with van der Waals surface area (Å²) in [5.74, 6) is 0.260. The van der Waals surface area contributed by atoms with E-state index in [-0.39, 0.29) is 17.1 Å². The van der Waals surface area contributed by atoms with E-state index in [4.69, 9.17) is 5.73 Å². The number of carbonyl (C=O) groups excluding carboxylic acids is 1. The lowest BCUT2D eigenvalue weighted by Crippen LogP contribution is -2.31. The number of aromatic amines is 1. The van der Waals surface area contributed by atoms with Gasteiger partial charge < -0.3 is 11.1 Å². The Labute approximate surface area is 131 Å². The van der Waals surface area contributed by atoms with Crippen molar-refractivity contribution in [3.05, 3.63) is 21.9 Å². The van der Waals surface area contributed by atoms with Gasteiger partial charge in [0.05, 0.1) is 11.8 Å². The Hall–Kier alpha value is -1.54. The van der Waals surface area contributed by atoms with Crippen molar-refractivity contribution in [3.63, 3.8) is 0 Å². The fourth-order valence-electron chi connectivity index (χ4n) is 1.76. The second-order valence-electron chi connectivity index (χ2n) is 4.46. The van der Waals surface area contributed by atoms with Gasteiger partial charge in [0, 0.05) is 9.75 Å². The van der Waals surface area contributed by atoms with Gasteiger partial charge in [-0.2, -0.15) is 4.98 Å². The van der Waals surface area contributed by atoms with E-state index in [0.29, 0.717) is 18.1 Å². The number of nitrogen functional groups attached to an aromatic ring is 1. The summed E-state index contributed by atoms with van der Waals surface area (Å²) in [4.78, 5) is 18.7. The highest BCUT2D eigenvalue weighted by Crippen LogP contribution is 2.23. The molecule has 21 heavy (non-hydrogen) atoms. The zero-order chi connectivity index (χ0) is 15.2. The van der Waals surface area contributed by atoms with Gasteiger partial charge in [0.2, 0.25) is 17.0 Å². The predicted molar refractivity (Wildman–Crippen MR) is 86.3 cm³/mol. The maximum atomic E-state index is 12.2. The zero-order valence-corrected chi connectivity index (χ0v) is 13.7. The largest absolute Gasteiger partial charge is 0.368 e. The summed E-state index contributed by atoms with van der Waals surface area (Å²) < 4.78 is 0. The van der Waals surface area contributed by atoms with Crippen LogP contribution in [0, 0.1) is 0 Å². The Bertz CT molecular complexity index is 595. The fourth-order valence-corrected chi connectivity index (χ4v) is 3.51. The standard InChI is InChI=1S/C13H19N5OS2/c1-3-8-5-6-9(20-8)7-15-11(19)10(4-2)21-13-16-12(14)17-18-13/h5-6,10H,3-4,7H2,1-2H3,(H,15,19)(H3,14,16,17,18). The Balaban J connectivity index is 1.87. The van der Waals surface area contributed by atoms with Crippen molar-refractivity contribution < 1.29 is 4.79 Å². The number of anilines is 1. The number of aryl methyl sites for hydroxylation is 1. The normalized spacial score (nSPS) is 12.3. The number of thiophene rings is 1. The molecule has 0 aliphatic carbocycles. The number of H-pyrrole nitrogens is 1. The lowest BCUT2D eigenvalue weighted by Gasteiger charge is -2.12. The lowest BCUT2D eigenvalue weighted by atomic mass is 10.3. The molecule has 0 radical (unpaired) electrons. The van der Waals surface area contributed by atoms with Crippen LogP contribution in [0.4, 0.5) is 5.95 Å². The van der Waals surface area contributed by atoms with Crippen LogP contribution in [0.15, 0.2) is 17.3 Å². The van der Waals surface area contributed by atoms with E-state index < -0.39 is 0 Å². The summed E-state index contributed by atoms with van der Waals surface area (Å²) in [7, 11) is 0. The molecule has 0 aromatic carbocycles. The molecular weight excluding hydrogens is 306 g/mol. The van der Waals surface area contributed by atoms with Crippen molar-refractivity contribution in [1.29, 1.82) is 0 Å². The molecule has 2 aromatic heterocycles. The smallest absolute Gasteiger partial charge is 0.233 e. The highest BCUT2D eigenvalue weighted by molar-refractivity contribution is 8.00. The maximum Gasteiger partial charge on any atom is 0.233 e. The summed E-state index contributed by atoms with van der Waals surface area (Å²) >= 11 is 3.05. The van der Waals surface area contributed by atoms with Crippen LogP contribution in [0.1, 0.15) is 30.0 Å². The molecule has 0 aliphatic heterocycles. The van der Waals surface area contributed by atoms with Gasteiger partial charge in [-0.15, -0.1) is 16.4 Å². The van der Waals surface area contributed by atoms with Crippen LogP contribution in [-0.2, 0) is 17.8 Å². The van der Waals surface area contributed by atoms with Crippen molar-refractivity contribution in [1.82, 2.24) is 20.5 Å². The fraction of sp³-hybridized carbons (Fsp3) is 0.462. The number of nitrogens with one attached hydrogen (secondary N) is 2. The summed E-state index contributed by atoms with van der Waals surface area (Å²) in [6.07, 6.45) is 1.73. The first-order chi connectivity index (χ1) is 10.1. The van der Waals surface area contributed by atoms with Crippen LogP contribution >= 0.6 is 23.1 Å². The van der Waals surface area contributed by atoms with Gasteiger partial charge in [-0.3, -0.25) is 4.79 Å². The first-order valence-electron chi connectivity index (χ1n) is 6.82. The Kier molecular flexibility index (Phi) is 5.63. The van der Waals surface area contributed by atoms with Crippen LogP contribution in [0.25, 0.3) is 0 Å². The second-order valence-corrected chi connectivity index (χ2v) is 6.88. The average molecular weight is 325 g/mol. The molecule has 1 unspecified atom stereocenters. The molecule has 0 fully saturated rings. The number of nitrogens with zero attached hydrogens (tertiary/aromatic N) is 2. The molecule has 1 atom stereocenters. The Morgan fingerprint density at radius 3 is 2.81 bits per heavy atom. The minimum absolute atomic E-state index is 0.00248. The molecule has 4 N–H and O–H groups in total. The molecule has 1 amide bonds. The van der Waals surface area contributed by atoms with Gasteiger partial charge in [0.15, 0.2) is 0 Å². The summed E-state index contributed by atoms with van der Waals surface area (Å²) in [6.45, 7) is 4.66. The van der Waals surface area contributed by atoms with Crippen molar-refractivity contribution in [3.8, 4) is 0 Å². The summed E-state index contributed by atoms with van der Waals surface area (Å²) in [5, 5.41) is 9.76. The van der Waals surface area contributed by atoms with Gasteiger partial charge in [-0.05, 0) is 25.0 Å². The number of nitrogens with two attached hydrogens (primary N) is 1. The third-order valence-electron chi connectivity index (χ3n) is 2.90. The lowest BCUT2D eigenvalue weighted by molar-refractivity contribution is -0.120. The molecule has 8 heteroatoms. The molecule has 0 saturated carbocycles. The average Bonchev–Trinajstić information content (AvgIpc) is 3.10. The number of aromatic nitrogens is 3. The van der Waals surface area contributed by atoms with Crippen molar-refractivity contribution in [2.75, 3.05) is 5.73 Å². The van der Waals surface area contributed by atoms with Gasteiger partial charge in [-0.1, -0.05) is 25.6 Å². The zero-order valence-electron chi connectivity index (χ0n) is 12.0. The molecule has 114 valence electrons. The number of carbonyl (C=O) groups is 1. The Morgan fingerprint density at radius 1 is 1.48 bits per heavy atom. The van der Waals surface area contributed by atoms with Gasteiger partial charge in [0.1, 0.15) is 0 Å². The van der Waals surface area contributed by atoms with E-state index in [0.717, 1.165) is 6.42 Å². The SMILES string of the molecule is CCc1ccc(CNC(=O)C(CC)Sc2n[nH]c(N)n2)s1. The van der Waals surface area contributed by atoms with E-state index in [1.807, 2.05) is 6.92 Å². The van der Waals surface area contributed by atoms with Crippen LogP contribution in [0.5, 0.6) is 0 Å². The predicted octanol–water partition coefficient (Wildman–Crippen LogP) is 2.20. The quantitative estimate of drug-likeness (QED) is 0.678. The number of amides is 1. The van der Waals surface area contributed by atoms with Crippen LogP contribution < -0.4 is 11.1 Å². The third kappa shape index (κ3) is 4.47. The molecule has 6 nitrogen and oxygen atoms in total. The van der Waals surface area contributed by atoms with Crippen LogP contribution in [-0.4, -0.2) is 26.3 Å². The summed E-state index contributed by atoms with van der Waals surface area (Å²) in [6, 6.07) is 4.17. The summed E-state index contributed by atoms with van der Waals surface area (Å²) in [5.41, 5.74) is 5.48. The maximum absolute atomic E-state index is 12.2. The van der Waals surface area contributed by atoms with Crippen molar-refractivity contribution in [2.24, 2.45) is 0 Å². The van der Waals surface area contributed by atoms with Crippen LogP contribution in [0.2, 0.25) is 0 Å². The van der Waals surface area contributed by atoms with Gasteiger partial charge in [-0.25, -0.2) is 5.10 Å². The second kappa shape index (κ2) is 7.46. The molecule has 0 aliphatic rings. The van der Waals surface area contributed by atoms with E-state index in [1.165, 1.54) is 21.5 Å². The number of thioether (sulfide) groups is 1. The minimum Gasteiger partial charge on any atom is -0.368 e. The first kappa shape index (κ1) is 15.8. The van der Waals surface area contributed by atoms with Crippen molar-refractivity contribution >= 4 is 35.0 Å². The topological polar surface area (TPSA) is 96.7 Å². The van der Waals surface area contributed by atoms with E-state index in [2.05, 4.69) is 39.6 Å².